The van der Waals surface area contributed by atoms with Crippen LogP contribution in [0.15, 0.2) is 0 Å². The molecule has 0 spiro atoms. The Morgan fingerprint density at radius 1 is 1.18 bits per heavy atom. The standard InChI is InChI=1S/C5H15N2O4/c1-2-4-7(10,11)5-3-6(8)9/h8-11H,2-5H2,1H3/q+1. The number of nitrogens with zero attached hydrogens (tertiary/aromatic N) is 2. The van der Waals surface area contributed by atoms with E-state index in [0.29, 0.717) is 6.42 Å². The largest absolute Gasteiger partial charge is 0.290 e. The Labute approximate surface area is 64.9 Å². The van der Waals surface area contributed by atoms with Crippen molar-refractivity contribution in [3.05, 3.63) is 0 Å². The van der Waals surface area contributed by atoms with Gasteiger partial charge in [0.05, 0.1) is 0 Å². The lowest BCUT2D eigenvalue weighted by molar-refractivity contribution is -1.24. The topological polar surface area (TPSA) is 84.2 Å². The summed E-state index contributed by atoms with van der Waals surface area (Å²) in [4.78, 5) is -1.17. The van der Waals surface area contributed by atoms with Crippen LogP contribution in [-0.4, -0.2) is 50.5 Å². The van der Waals surface area contributed by atoms with E-state index < -0.39 is 4.81 Å². The molecule has 0 radical (unpaired) electrons. The Morgan fingerprint density at radius 2 is 1.73 bits per heavy atom. The molecule has 0 aliphatic rings. The van der Waals surface area contributed by atoms with E-state index in [9.17, 15) is 0 Å². The average Bonchev–Trinajstić information content (AvgIpc) is 1.84. The first-order chi connectivity index (χ1) is 4.98. The first-order valence-corrected chi connectivity index (χ1v) is 3.46. The predicted octanol–water partition coefficient (Wildman–Crippen LogP) is 0.0720. The summed E-state index contributed by atoms with van der Waals surface area (Å²) in [7, 11) is 0. The third-order valence-corrected chi connectivity index (χ3v) is 1.24. The van der Waals surface area contributed by atoms with Gasteiger partial charge in [0.25, 0.3) is 0 Å². The Kier molecular flexibility index (Phi) is 4.50. The lowest BCUT2D eigenvalue weighted by Gasteiger charge is -2.20. The average molecular weight is 167 g/mol. The van der Waals surface area contributed by atoms with Crippen molar-refractivity contribution in [2.75, 3.05) is 19.6 Å². The molecule has 11 heavy (non-hydrogen) atoms. The molecule has 0 saturated heterocycles. The summed E-state index contributed by atoms with van der Waals surface area (Å²) in [6, 6.07) is 0. The Balaban J connectivity index is 3.54. The van der Waals surface area contributed by atoms with Crippen LogP contribution in [-0.2, 0) is 0 Å². The van der Waals surface area contributed by atoms with E-state index in [1.807, 2.05) is 0 Å². The van der Waals surface area contributed by atoms with Gasteiger partial charge in [0.15, 0.2) is 6.54 Å². The first-order valence-electron chi connectivity index (χ1n) is 3.46. The molecule has 0 saturated carbocycles. The monoisotopic (exact) mass is 167 g/mol. The van der Waals surface area contributed by atoms with E-state index in [0.717, 1.165) is 0 Å². The van der Waals surface area contributed by atoms with Gasteiger partial charge in [-0.2, -0.15) is 10.4 Å². The molecule has 0 aromatic heterocycles. The van der Waals surface area contributed by atoms with E-state index >= 15 is 0 Å². The van der Waals surface area contributed by atoms with Crippen LogP contribution < -0.4 is 0 Å². The molecular formula is C5H15N2O4+. The summed E-state index contributed by atoms with van der Waals surface area (Å²) in [6.07, 6.45) is 0.615. The van der Waals surface area contributed by atoms with Crippen LogP contribution in [0.3, 0.4) is 0 Å². The highest BCUT2D eigenvalue weighted by Gasteiger charge is 2.21. The maximum atomic E-state index is 9.01. The summed E-state index contributed by atoms with van der Waals surface area (Å²) in [5, 5.41) is 34.4. The zero-order valence-electron chi connectivity index (χ0n) is 6.51. The smallest absolute Gasteiger partial charge is 0.159 e. The van der Waals surface area contributed by atoms with Crippen molar-refractivity contribution >= 4 is 0 Å². The second-order valence-corrected chi connectivity index (χ2v) is 2.42. The fraction of sp³-hybridized carbons (Fsp3) is 1.00. The summed E-state index contributed by atoms with van der Waals surface area (Å²) in [5.74, 6) is 0. The molecule has 0 unspecified atom stereocenters. The fourth-order valence-corrected chi connectivity index (χ4v) is 0.720. The second kappa shape index (κ2) is 4.60. The van der Waals surface area contributed by atoms with Crippen LogP contribution >= 0.6 is 0 Å². The fourth-order valence-electron chi connectivity index (χ4n) is 0.720. The van der Waals surface area contributed by atoms with Crippen molar-refractivity contribution in [3.8, 4) is 0 Å². The normalized spacial score (nSPS) is 12.5. The molecule has 0 aromatic rings. The summed E-state index contributed by atoms with van der Waals surface area (Å²) in [5.41, 5.74) is 0. The maximum absolute atomic E-state index is 9.01. The SMILES string of the molecule is CCC[N+](O)(O)CCN(O)O. The van der Waals surface area contributed by atoms with Crippen molar-refractivity contribution in [1.82, 2.24) is 5.23 Å². The van der Waals surface area contributed by atoms with Gasteiger partial charge in [-0.15, -0.1) is 0 Å². The summed E-state index contributed by atoms with van der Waals surface area (Å²) < 4.78 is 0. The van der Waals surface area contributed by atoms with Crippen LogP contribution in [0, 0.1) is 0 Å². The van der Waals surface area contributed by atoms with Gasteiger partial charge >= 0.3 is 0 Å². The van der Waals surface area contributed by atoms with Crippen molar-refractivity contribution in [2.24, 2.45) is 0 Å². The Hall–Kier alpha value is -0.240. The summed E-state index contributed by atoms with van der Waals surface area (Å²) in [6.45, 7) is 1.64. The van der Waals surface area contributed by atoms with E-state index in [1.54, 1.807) is 6.92 Å². The molecule has 68 valence electrons. The summed E-state index contributed by atoms with van der Waals surface area (Å²) >= 11 is 0. The van der Waals surface area contributed by atoms with Crippen molar-refractivity contribution in [2.45, 2.75) is 13.3 Å². The van der Waals surface area contributed by atoms with Crippen molar-refractivity contribution in [1.29, 1.82) is 0 Å². The Morgan fingerprint density at radius 3 is 2.09 bits per heavy atom. The van der Waals surface area contributed by atoms with E-state index in [-0.39, 0.29) is 24.9 Å². The van der Waals surface area contributed by atoms with Gasteiger partial charge in [-0.1, -0.05) is 12.2 Å². The number of hydrogen-bond acceptors (Lipinski definition) is 5. The van der Waals surface area contributed by atoms with Crippen molar-refractivity contribution < 1.29 is 25.6 Å². The van der Waals surface area contributed by atoms with Crippen LogP contribution in [0.4, 0.5) is 0 Å². The number of hydroxylamine groups is 6. The van der Waals surface area contributed by atoms with E-state index in [2.05, 4.69) is 0 Å². The van der Waals surface area contributed by atoms with Gasteiger partial charge in [-0.3, -0.25) is 10.4 Å². The zero-order valence-corrected chi connectivity index (χ0v) is 6.51. The zero-order chi connectivity index (χ0) is 8.91. The molecule has 0 heterocycles. The van der Waals surface area contributed by atoms with Gasteiger partial charge in [-0.25, -0.2) is 0 Å². The number of quaternary nitrogens is 1. The molecule has 0 rings (SSSR count). The molecule has 6 nitrogen and oxygen atoms in total. The third kappa shape index (κ3) is 6.17. The number of hydrogen-bond donors (Lipinski definition) is 4. The minimum Gasteiger partial charge on any atom is -0.290 e. The maximum Gasteiger partial charge on any atom is 0.159 e. The third-order valence-electron chi connectivity index (χ3n) is 1.24. The molecule has 0 aliphatic heterocycles. The van der Waals surface area contributed by atoms with Crippen LogP contribution in [0.2, 0.25) is 0 Å². The van der Waals surface area contributed by atoms with Crippen molar-refractivity contribution in [3.63, 3.8) is 0 Å². The Bertz CT molecular complexity index is 107. The van der Waals surface area contributed by atoms with Gasteiger partial charge in [0.2, 0.25) is 0 Å². The molecular weight excluding hydrogens is 152 g/mol. The minimum absolute atomic E-state index is 0.0743. The van der Waals surface area contributed by atoms with Crippen LogP contribution in [0.25, 0.3) is 0 Å². The molecule has 4 N–H and O–H groups in total. The highest BCUT2D eigenvalue weighted by atomic mass is 16.8. The van der Waals surface area contributed by atoms with Gasteiger partial charge in [0.1, 0.15) is 13.1 Å². The highest BCUT2D eigenvalue weighted by molar-refractivity contribution is 4.28. The highest BCUT2D eigenvalue weighted by Crippen LogP contribution is 1.96. The lowest BCUT2D eigenvalue weighted by atomic mass is 10.4. The molecule has 6 heteroatoms. The van der Waals surface area contributed by atoms with E-state index in [4.69, 9.17) is 20.8 Å². The predicted molar refractivity (Wildman–Crippen MR) is 34.1 cm³/mol. The van der Waals surface area contributed by atoms with Crippen LogP contribution in [0.5, 0.6) is 0 Å². The van der Waals surface area contributed by atoms with Gasteiger partial charge in [-0.05, 0) is 11.2 Å². The van der Waals surface area contributed by atoms with Crippen LogP contribution in [0.1, 0.15) is 13.3 Å². The first kappa shape index (κ1) is 10.8. The molecule has 0 amide bonds. The van der Waals surface area contributed by atoms with Gasteiger partial charge in [0, 0.05) is 0 Å². The van der Waals surface area contributed by atoms with E-state index in [1.165, 1.54) is 0 Å². The number of rotatable bonds is 5. The molecule has 0 atom stereocenters. The quantitative estimate of drug-likeness (QED) is 0.344. The molecule has 0 aromatic carbocycles. The molecule has 0 aliphatic carbocycles. The molecule has 0 bridgehead atoms. The minimum atomic E-state index is -1.17. The molecule has 0 fully saturated rings. The van der Waals surface area contributed by atoms with Gasteiger partial charge < -0.3 is 0 Å². The lowest BCUT2D eigenvalue weighted by Crippen LogP contribution is -2.46. The second-order valence-electron chi connectivity index (χ2n) is 2.42.